The van der Waals surface area contributed by atoms with Gasteiger partial charge in [0.1, 0.15) is 23.6 Å². The van der Waals surface area contributed by atoms with E-state index in [1.165, 1.54) is 0 Å². The maximum absolute atomic E-state index is 11.6. The van der Waals surface area contributed by atoms with Crippen LogP contribution in [0.1, 0.15) is 30.4 Å². The minimum absolute atomic E-state index is 0.0959. The van der Waals surface area contributed by atoms with Crippen LogP contribution in [0.5, 0.6) is 11.5 Å². The van der Waals surface area contributed by atoms with Crippen LogP contribution in [0.2, 0.25) is 0 Å². The standard InChI is InChI=1S/C15H17NO5/c1-7-3-8-4-12(20-2)9(5-11(8)21-7)10-6-13(17)16-14(10)15(18)19/h4-5,7,10,14H,3,6H2,1-2H3,(H,16,17)(H,18,19). The lowest BCUT2D eigenvalue weighted by molar-refractivity contribution is -0.140. The van der Waals surface area contributed by atoms with E-state index in [2.05, 4.69) is 5.32 Å². The summed E-state index contributed by atoms with van der Waals surface area (Å²) in [6, 6.07) is 2.78. The first-order valence-corrected chi connectivity index (χ1v) is 6.89. The highest BCUT2D eigenvalue weighted by Crippen LogP contribution is 2.41. The van der Waals surface area contributed by atoms with E-state index in [0.29, 0.717) is 11.3 Å². The van der Waals surface area contributed by atoms with E-state index >= 15 is 0 Å². The van der Waals surface area contributed by atoms with E-state index < -0.39 is 17.9 Å². The van der Waals surface area contributed by atoms with Gasteiger partial charge in [0.2, 0.25) is 5.91 Å². The Morgan fingerprint density at radius 2 is 2.19 bits per heavy atom. The minimum Gasteiger partial charge on any atom is -0.496 e. The van der Waals surface area contributed by atoms with Gasteiger partial charge in [-0.15, -0.1) is 0 Å². The molecule has 0 bridgehead atoms. The molecule has 2 N–H and O–H groups in total. The van der Waals surface area contributed by atoms with Gasteiger partial charge in [-0.1, -0.05) is 0 Å². The number of fused-ring (bicyclic) bond motifs is 1. The third kappa shape index (κ3) is 2.30. The number of carboxylic acids is 1. The molecule has 112 valence electrons. The number of rotatable bonds is 3. The Balaban J connectivity index is 2.03. The second kappa shape index (κ2) is 4.95. The zero-order valence-corrected chi connectivity index (χ0v) is 11.9. The highest BCUT2D eigenvalue weighted by molar-refractivity contribution is 5.89. The highest BCUT2D eigenvalue weighted by Gasteiger charge is 2.40. The second-order valence-corrected chi connectivity index (χ2v) is 5.53. The first-order valence-electron chi connectivity index (χ1n) is 6.89. The maximum Gasteiger partial charge on any atom is 0.326 e. The van der Waals surface area contributed by atoms with Gasteiger partial charge in [0.15, 0.2) is 0 Å². The summed E-state index contributed by atoms with van der Waals surface area (Å²) >= 11 is 0. The van der Waals surface area contributed by atoms with E-state index in [9.17, 15) is 14.7 Å². The lowest BCUT2D eigenvalue weighted by atomic mass is 9.89. The van der Waals surface area contributed by atoms with Gasteiger partial charge < -0.3 is 19.9 Å². The normalized spacial score (nSPS) is 27.0. The van der Waals surface area contributed by atoms with Gasteiger partial charge in [0, 0.05) is 29.9 Å². The molecule has 3 atom stereocenters. The Labute approximate surface area is 122 Å². The average Bonchev–Trinajstić information content (AvgIpc) is 2.98. The molecule has 0 aliphatic carbocycles. The fourth-order valence-corrected chi connectivity index (χ4v) is 3.10. The highest BCUT2D eigenvalue weighted by atomic mass is 16.5. The quantitative estimate of drug-likeness (QED) is 0.870. The number of carbonyl (C=O) groups excluding carboxylic acids is 1. The van der Waals surface area contributed by atoms with Crippen molar-refractivity contribution in [1.82, 2.24) is 5.32 Å². The van der Waals surface area contributed by atoms with Gasteiger partial charge in [-0.2, -0.15) is 0 Å². The molecule has 3 rings (SSSR count). The summed E-state index contributed by atoms with van der Waals surface area (Å²) in [5, 5.41) is 11.8. The predicted octanol–water partition coefficient (Wildman–Crippen LogP) is 1.08. The van der Waals surface area contributed by atoms with E-state index in [0.717, 1.165) is 17.7 Å². The first kappa shape index (κ1) is 13.7. The molecule has 0 radical (unpaired) electrons. The summed E-state index contributed by atoms with van der Waals surface area (Å²) in [4.78, 5) is 22.9. The number of hydrogen-bond donors (Lipinski definition) is 2. The molecule has 2 heterocycles. The summed E-state index contributed by atoms with van der Waals surface area (Å²) in [7, 11) is 1.55. The molecule has 0 saturated carbocycles. The lowest BCUT2D eigenvalue weighted by Gasteiger charge is -2.19. The van der Waals surface area contributed by atoms with Gasteiger partial charge in [-0.25, -0.2) is 4.79 Å². The number of carboxylic acid groups (broad SMARTS) is 1. The fraction of sp³-hybridized carbons (Fsp3) is 0.467. The van der Waals surface area contributed by atoms with Crippen molar-refractivity contribution >= 4 is 11.9 Å². The van der Waals surface area contributed by atoms with Crippen molar-refractivity contribution in [3.63, 3.8) is 0 Å². The van der Waals surface area contributed by atoms with Gasteiger partial charge in [0.05, 0.1) is 7.11 Å². The average molecular weight is 291 g/mol. The Kier molecular flexibility index (Phi) is 3.23. The molecule has 2 aliphatic rings. The Bertz CT molecular complexity index is 612. The summed E-state index contributed by atoms with van der Waals surface area (Å²) in [5.41, 5.74) is 1.75. The van der Waals surface area contributed by atoms with Crippen molar-refractivity contribution in [3.05, 3.63) is 23.3 Å². The maximum atomic E-state index is 11.6. The van der Waals surface area contributed by atoms with E-state index in [1.54, 1.807) is 7.11 Å². The van der Waals surface area contributed by atoms with Crippen molar-refractivity contribution in [1.29, 1.82) is 0 Å². The number of benzene rings is 1. The Morgan fingerprint density at radius 1 is 1.43 bits per heavy atom. The fourth-order valence-electron chi connectivity index (χ4n) is 3.10. The van der Waals surface area contributed by atoms with Crippen LogP contribution in [0.15, 0.2) is 12.1 Å². The molecule has 1 amide bonds. The van der Waals surface area contributed by atoms with E-state index in [4.69, 9.17) is 9.47 Å². The summed E-state index contributed by atoms with van der Waals surface area (Å²) < 4.78 is 11.1. The summed E-state index contributed by atoms with van der Waals surface area (Å²) in [6.45, 7) is 1.98. The molecule has 0 spiro atoms. The third-order valence-electron chi connectivity index (χ3n) is 4.04. The van der Waals surface area contributed by atoms with Crippen LogP contribution in [-0.2, 0) is 16.0 Å². The molecule has 3 unspecified atom stereocenters. The van der Waals surface area contributed by atoms with Crippen LogP contribution in [-0.4, -0.2) is 36.2 Å². The van der Waals surface area contributed by atoms with E-state index in [1.807, 2.05) is 19.1 Å². The summed E-state index contributed by atoms with van der Waals surface area (Å²) in [6.07, 6.45) is 1.04. The van der Waals surface area contributed by atoms with Crippen LogP contribution in [0.3, 0.4) is 0 Å². The van der Waals surface area contributed by atoms with Crippen molar-refractivity contribution in [2.24, 2.45) is 0 Å². The van der Waals surface area contributed by atoms with Gasteiger partial charge in [0.25, 0.3) is 0 Å². The molecule has 1 aromatic rings. The molecule has 6 nitrogen and oxygen atoms in total. The minimum atomic E-state index is -1.04. The largest absolute Gasteiger partial charge is 0.496 e. The first-order chi connectivity index (χ1) is 9.99. The monoisotopic (exact) mass is 291 g/mol. The Morgan fingerprint density at radius 3 is 2.86 bits per heavy atom. The van der Waals surface area contributed by atoms with Crippen LogP contribution in [0.4, 0.5) is 0 Å². The van der Waals surface area contributed by atoms with E-state index in [-0.39, 0.29) is 18.4 Å². The molecule has 1 aromatic carbocycles. The molecule has 21 heavy (non-hydrogen) atoms. The number of carbonyl (C=O) groups is 2. The van der Waals surface area contributed by atoms with Crippen molar-refractivity contribution in [2.75, 3.05) is 7.11 Å². The van der Waals surface area contributed by atoms with Crippen molar-refractivity contribution < 1.29 is 24.2 Å². The van der Waals surface area contributed by atoms with Crippen molar-refractivity contribution in [3.8, 4) is 11.5 Å². The van der Waals surface area contributed by atoms with Gasteiger partial charge in [-0.3, -0.25) is 4.79 Å². The molecule has 1 saturated heterocycles. The number of amides is 1. The number of nitrogens with one attached hydrogen (secondary N) is 1. The van der Waals surface area contributed by atoms with Crippen LogP contribution >= 0.6 is 0 Å². The molecular weight excluding hydrogens is 274 g/mol. The number of aliphatic carboxylic acids is 1. The van der Waals surface area contributed by atoms with Crippen LogP contribution in [0.25, 0.3) is 0 Å². The third-order valence-corrected chi connectivity index (χ3v) is 4.04. The summed E-state index contributed by atoms with van der Waals surface area (Å²) in [5.74, 6) is -0.386. The molecule has 2 aliphatic heterocycles. The smallest absolute Gasteiger partial charge is 0.326 e. The Hall–Kier alpha value is -2.24. The number of ether oxygens (including phenoxy) is 2. The molecular formula is C15H17NO5. The zero-order chi connectivity index (χ0) is 15.1. The molecule has 1 fully saturated rings. The van der Waals surface area contributed by atoms with Crippen LogP contribution < -0.4 is 14.8 Å². The van der Waals surface area contributed by atoms with Gasteiger partial charge >= 0.3 is 5.97 Å². The molecule has 6 heteroatoms. The number of methoxy groups -OCH3 is 1. The molecule has 0 aromatic heterocycles. The topological polar surface area (TPSA) is 84.9 Å². The van der Waals surface area contributed by atoms with Crippen LogP contribution in [0, 0.1) is 0 Å². The van der Waals surface area contributed by atoms with Gasteiger partial charge in [-0.05, 0) is 19.1 Å². The zero-order valence-electron chi connectivity index (χ0n) is 11.9. The lowest BCUT2D eigenvalue weighted by Crippen LogP contribution is -2.36. The number of hydrogen-bond acceptors (Lipinski definition) is 4. The second-order valence-electron chi connectivity index (χ2n) is 5.53. The van der Waals surface area contributed by atoms with Crippen molar-refractivity contribution in [2.45, 2.75) is 37.8 Å². The SMILES string of the molecule is COc1cc2c(cc1C1CC(=O)NC1C(=O)O)OC(C)C2. The predicted molar refractivity (Wildman–Crippen MR) is 73.7 cm³/mol.